The number of likely N-dealkylation sites (N-methyl/N-ethyl adjacent to an activating group) is 1. The first-order valence-corrected chi connectivity index (χ1v) is 8.25. The van der Waals surface area contributed by atoms with Crippen molar-refractivity contribution < 1.29 is 4.79 Å². The number of H-pyrrole nitrogens is 1. The molecule has 0 unspecified atom stereocenters. The fourth-order valence-electron chi connectivity index (χ4n) is 2.65. The predicted molar refractivity (Wildman–Crippen MR) is 93.3 cm³/mol. The van der Waals surface area contributed by atoms with Gasteiger partial charge in [0, 0.05) is 45.3 Å². The Kier molecular flexibility index (Phi) is 5.08. The average molecular weight is 345 g/mol. The van der Waals surface area contributed by atoms with Crippen LogP contribution < -0.4 is 16.0 Å². The summed E-state index contributed by atoms with van der Waals surface area (Å²) in [7, 11) is 2.10. The van der Waals surface area contributed by atoms with Gasteiger partial charge in [-0.2, -0.15) is 4.98 Å². The number of aromatic amines is 1. The van der Waals surface area contributed by atoms with E-state index in [-0.39, 0.29) is 11.9 Å². The van der Waals surface area contributed by atoms with Crippen molar-refractivity contribution in [1.29, 1.82) is 0 Å². The summed E-state index contributed by atoms with van der Waals surface area (Å²) in [6, 6.07) is 0. The SMILES string of the molecule is Cc1nc(N2CCN(C)CC2)ncc1C(=O)NCCc1nc(N)n[nH]1. The summed E-state index contributed by atoms with van der Waals surface area (Å²) in [5.41, 5.74) is 6.59. The van der Waals surface area contributed by atoms with Crippen LogP contribution in [-0.2, 0) is 6.42 Å². The van der Waals surface area contributed by atoms with Crippen molar-refractivity contribution >= 4 is 17.8 Å². The lowest BCUT2D eigenvalue weighted by molar-refractivity contribution is 0.0952. The number of rotatable bonds is 5. The molecular formula is C15H23N9O. The third-order valence-corrected chi connectivity index (χ3v) is 4.19. The summed E-state index contributed by atoms with van der Waals surface area (Å²) in [6.07, 6.45) is 2.12. The number of nitrogens with two attached hydrogens (primary N) is 1. The third kappa shape index (κ3) is 4.21. The number of carbonyl (C=O) groups excluding carboxylic acids is 1. The molecule has 2 aromatic rings. The van der Waals surface area contributed by atoms with Crippen molar-refractivity contribution in [3.05, 3.63) is 23.3 Å². The van der Waals surface area contributed by atoms with Gasteiger partial charge in [-0.05, 0) is 14.0 Å². The highest BCUT2D eigenvalue weighted by atomic mass is 16.1. The lowest BCUT2D eigenvalue weighted by atomic mass is 10.2. The van der Waals surface area contributed by atoms with E-state index in [0.29, 0.717) is 36.0 Å². The van der Waals surface area contributed by atoms with Gasteiger partial charge in [0.1, 0.15) is 5.82 Å². The van der Waals surface area contributed by atoms with Gasteiger partial charge in [-0.25, -0.2) is 9.97 Å². The molecule has 1 amide bonds. The van der Waals surface area contributed by atoms with Crippen LogP contribution in [0.3, 0.4) is 0 Å². The van der Waals surface area contributed by atoms with Crippen LogP contribution in [0.5, 0.6) is 0 Å². The van der Waals surface area contributed by atoms with Crippen LogP contribution in [0.25, 0.3) is 0 Å². The van der Waals surface area contributed by atoms with Crippen LogP contribution in [0.15, 0.2) is 6.20 Å². The van der Waals surface area contributed by atoms with Crippen molar-refractivity contribution in [2.75, 3.05) is 50.4 Å². The van der Waals surface area contributed by atoms with Crippen molar-refractivity contribution in [3.63, 3.8) is 0 Å². The Balaban J connectivity index is 1.57. The van der Waals surface area contributed by atoms with Gasteiger partial charge < -0.3 is 20.9 Å². The quantitative estimate of drug-likeness (QED) is 0.643. The molecule has 0 atom stereocenters. The maximum Gasteiger partial charge on any atom is 0.254 e. The van der Waals surface area contributed by atoms with E-state index in [4.69, 9.17) is 5.73 Å². The summed E-state index contributed by atoms with van der Waals surface area (Å²) in [5.74, 6) is 1.32. The zero-order valence-electron chi connectivity index (χ0n) is 14.5. The van der Waals surface area contributed by atoms with Crippen LogP contribution in [0.4, 0.5) is 11.9 Å². The number of hydrogen-bond acceptors (Lipinski definition) is 8. The molecule has 0 aromatic carbocycles. The summed E-state index contributed by atoms with van der Waals surface area (Å²) < 4.78 is 0. The lowest BCUT2D eigenvalue weighted by Gasteiger charge is -2.32. The number of carbonyl (C=O) groups is 1. The van der Waals surface area contributed by atoms with Crippen LogP contribution in [-0.4, -0.2) is 75.7 Å². The number of nitrogen functional groups attached to an aromatic ring is 1. The minimum atomic E-state index is -0.199. The fraction of sp³-hybridized carbons (Fsp3) is 0.533. The van der Waals surface area contributed by atoms with Gasteiger partial charge in [0.15, 0.2) is 0 Å². The molecule has 0 aliphatic carbocycles. The molecule has 1 aliphatic heterocycles. The molecule has 1 saturated heterocycles. The predicted octanol–water partition coefficient (Wildman–Crippen LogP) is -0.790. The van der Waals surface area contributed by atoms with Gasteiger partial charge in [-0.15, -0.1) is 5.10 Å². The topological polar surface area (TPSA) is 129 Å². The first kappa shape index (κ1) is 17.1. The van der Waals surface area contributed by atoms with Crippen LogP contribution in [0.2, 0.25) is 0 Å². The summed E-state index contributed by atoms with van der Waals surface area (Å²) in [6.45, 7) is 6.00. The molecule has 0 saturated carbocycles. The number of aryl methyl sites for hydroxylation is 1. The normalized spacial score (nSPS) is 15.4. The second kappa shape index (κ2) is 7.43. The zero-order chi connectivity index (χ0) is 17.8. The van der Waals surface area contributed by atoms with Crippen LogP contribution >= 0.6 is 0 Å². The first-order chi connectivity index (χ1) is 12.0. The summed E-state index contributed by atoms with van der Waals surface area (Å²) >= 11 is 0. The number of nitrogens with zero attached hydrogens (tertiary/aromatic N) is 6. The van der Waals surface area contributed by atoms with Gasteiger partial charge in [-0.1, -0.05) is 0 Å². The smallest absolute Gasteiger partial charge is 0.254 e. The summed E-state index contributed by atoms with van der Waals surface area (Å²) in [5, 5.41) is 9.29. The minimum absolute atomic E-state index is 0.199. The Morgan fingerprint density at radius 1 is 1.32 bits per heavy atom. The number of hydrogen-bond donors (Lipinski definition) is 3. The molecule has 25 heavy (non-hydrogen) atoms. The number of piperazine rings is 1. The fourth-order valence-corrected chi connectivity index (χ4v) is 2.65. The van der Waals surface area contributed by atoms with E-state index in [1.165, 1.54) is 0 Å². The molecular weight excluding hydrogens is 322 g/mol. The molecule has 10 nitrogen and oxygen atoms in total. The van der Waals surface area contributed by atoms with E-state index in [9.17, 15) is 4.79 Å². The molecule has 10 heteroatoms. The maximum absolute atomic E-state index is 12.3. The van der Waals surface area contributed by atoms with Crippen LogP contribution in [0.1, 0.15) is 21.9 Å². The van der Waals surface area contributed by atoms with E-state index >= 15 is 0 Å². The molecule has 1 aliphatic rings. The maximum atomic E-state index is 12.3. The highest BCUT2D eigenvalue weighted by Crippen LogP contribution is 2.13. The number of amides is 1. The largest absolute Gasteiger partial charge is 0.367 e. The van der Waals surface area contributed by atoms with E-state index < -0.39 is 0 Å². The van der Waals surface area contributed by atoms with Gasteiger partial charge in [0.2, 0.25) is 11.9 Å². The van der Waals surface area contributed by atoms with Crippen molar-refractivity contribution in [3.8, 4) is 0 Å². The Labute approximate surface area is 145 Å². The molecule has 4 N–H and O–H groups in total. The molecule has 2 aromatic heterocycles. The monoisotopic (exact) mass is 345 g/mol. The Morgan fingerprint density at radius 2 is 2.08 bits per heavy atom. The molecule has 1 fully saturated rings. The molecule has 3 heterocycles. The Hall–Kier alpha value is -2.75. The zero-order valence-corrected chi connectivity index (χ0v) is 14.5. The number of anilines is 2. The molecule has 0 spiro atoms. The molecule has 3 rings (SSSR count). The van der Waals surface area contributed by atoms with Crippen molar-refractivity contribution in [2.45, 2.75) is 13.3 Å². The molecule has 0 bridgehead atoms. The first-order valence-electron chi connectivity index (χ1n) is 8.25. The number of aromatic nitrogens is 5. The highest BCUT2D eigenvalue weighted by molar-refractivity contribution is 5.94. The van der Waals surface area contributed by atoms with E-state index in [0.717, 1.165) is 26.2 Å². The standard InChI is InChI=1S/C15H23N9O/c1-10-11(13(25)17-4-3-12-20-14(16)22-21-12)9-18-15(19-10)24-7-5-23(2)6-8-24/h9H,3-8H2,1-2H3,(H,17,25)(H3,16,20,21,22). The average Bonchev–Trinajstić information content (AvgIpc) is 3.00. The Bertz CT molecular complexity index is 736. The van der Waals surface area contributed by atoms with Crippen LogP contribution in [0, 0.1) is 6.92 Å². The molecule has 134 valence electrons. The minimum Gasteiger partial charge on any atom is -0.367 e. The van der Waals surface area contributed by atoms with E-state index in [2.05, 4.69) is 47.3 Å². The Morgan fingerprint density at radius 3 is 2.72 bits per heavy atom. The van der Waals surface area contributed by atoms with Gasteiger partial charge >= 0.3 is 0 Å². The van der Waals surface area contributed by atoms with Gasteiger partial charge in [-0.3, -0.25) is 9.89 Å². The third-order valence-electron chi connectivity index (χ3n) is 4.19. The van der Waals surface area contributed by atoms with E-state index in [1.54, 1.807) is 6.20 Å². The molecule has 0 radical (unpaired) electrons. The second-order valence-electron chi connectivity index (χ2n) is 6.11. The number of nitrogens with one attached hydrogen (secondary N) is 2. The van der Waals surface area contributed by atoms with Gasteiger partial charge in [0.05, 0.1) is 11.3 Å². The lowest BCUT2D eigenvalue weighted by Crippen LogP contribution is -2.45. The van der Waals surface area contributed by atoms with Crippen molar-refractivity contribution in [1.82, 2.24) is 35.4 Å². The second-order valence-corrected chi connectivity index (χ2v) is 6.11. The summed E-state index contributed by atoms with van der Waals surface area (Å²) in [4.78, 5) is 29.6. The van der Waals surface area contributed by atoms with E-state index in [1.807, 2.05) is 6.92 Å². The van der Waals surface area contributed by atoms with Gasteiger partial charge in [0.25, 0.3) is 5.91 Å². The van der Waals surface area contributed by atoms with Crippen molar-refractivity contribution in [2.24, 2.45) is 0 Å². The highest BCUT2D eigenvalue weighted by Gasteiger charge is 2.18.